The van der Waals surface area contributed by atoms with Crippen LogP contribution in [0.5, 0.6) is 11.5 Å². The molecule has 0 amide bonds. The van der Waals surface area contributed by atoms with Crippen molar-refractivity contribution in [2.75, 3.05) is 0 Å². The minimum atomic E-state index is -0.603. The van der Waals surface area contributed by atoms with Crippen LogP contribution in [-0.2, 0) is 14.1 Å². The molecule has 2 heterocycles. The second kappa shape index (κ2) is 6.36. The fourth-order valence-electron chi connectivity index (χ4n) is 2.52. The van der Waals surface area contributed by atoms with Crippen LogP contribution in [0.2, 0.25) is 0 Å². The van der Waals surface area contributed by atoms with Gasteiger partial charge in [0, 0.05) is 25.9 Å². The van der Waals surface area contributed by atoms with Gasteiger partial charge < -0.3 is 10.2 Å². The Morgan fingerprint density at radius 1 is 1.08 bits per heavy atom. The lowest BCUT2D eigenvalue weighted by Crippen LogP contribution is -2.37. The highest BCUT2D eigenvalue weighted by Gasteiger charge is 2.22. The van der Waals surface area contributed by atoms with E-state index in [1.54, 1.807) is 0 Å². The molecule has 0 saturated heterocycles. The molecule has 0 bridgehead atoms. The molecule has 0 spiro atoms. The van der Waals surface area contributed by atoms with E-state index in [0.29, 0.717) is 0 Å². The number of benzene rings is 1. The third kappa shape index (κ3) is 2.65. The minimum Gasteiger partial charge on any atom is -0.506 e. The molecule has 0 atom stereocenters. The van der Waals surface area contributed by atoms with Crippen LogP contribution in [0.1, 0.15) is 15.9 Å². The fourth-order valence-corrected chi connectivity index (χ4v) is 3.64. The number of pyridine rings is 1. The molecular weight excluding hydrogens is 474 g/mol. The van der Waals surface area contributed by atoms with Crippen molar-refractivity contribution in [2.24, 2.45) is 14.1 Å². The molecule has 1 aromatic carbocycles. The Morgan fingerprint density at radius 3 is 2.38 bits per heavy atom. The molecule has 0 fully saturated rings. The van der Waals surface area contributed by atoms with E-state index in [1.807, 2.05) is 0 Å². The maximum absolute atomic E-state index is 12.8. The van der Waals surface area contributed by atoms with E-state index in [0.717, 1.165) is 4.57 Å². The zero-order valence-electron chi connectivity index (χ0n) is 13.4. The predicted molar refractivity (Wildman–Crippen MR) is 101 cm³/mol. The summed E-state index contributed by atoms with van der Waals surface area (Å²) < 4.78 is 2.29. The molecule has 0 aliphatic carbocycles. The molecule has 134 valence electrons. The molecule has 2 aromatic heterocycles. The van der Waals surface area contributed by atoms with Gasteiger partial charge in [-0.3, -0.25) is 18.7 Å². The molecule has 26 heavy (non-hydrogen) atoms. The molecule has 2 N–H and O–H groups in total. The van der Waals surface area contributed by atoms with Gasteiger partial charge in [-0.2, -0.15) is 0 Å². The van der Waals surface area contributed by atoms with Crippen LogP contribution in [-0.4, -0.2) is 30.1 Å². The number of ketones is 1. The van der Waals surface area contributed by atoms with Crippen molar-refractivity contribution < 1.29 is 15.0 Å². The largest absolute Gasteiger partial charge is 0.506 e. The fraction of sp³-hybridized carbons (Fsp3) is 0.125. The van der Waals surface area contributed by atoms with Gasteiger partial charge in [-0.1, -0.05) is 0 Å². The zero-order chi connectivity index (χ0) is 19.3. The van der Waals surface area contributed by atoms with Crippen LogP contribution in [0, 0.1) is 0 Å². The van der Waals surface area contributed by atoms with E-state index in [4.69, 9.17) is 0 Å². The molecule has 0 radical (unpaired) electrons. The normalized spacial score (nSPS) is 11.1. The number of phenols is 2. The van der Waals surface area contributed by atoms with Crippen molar-refractivity contribution in [3.05, 3.63) is 59.2 Å². The van der Waals surface area contributed by atoms with Crippen LogP contribution in [0.4, 0.5) is 0 Å². The number of fused-ring (bicyclic) bond motifs is 1. The molecule has 10 heteroatoms. The molecule has 0 aliphatic heterocycles. The average Bonchev–Trinajstić information content (AvgIpc) is 2.64. The molecule has 0 aliphatic rings. The van der Waals surface area contributed by atoms with Gasteiger partial charge in [0.15, 0.2) is 5.78 Å². The van der Waals surface area contributed by atoms with E-state index in [2.05, 4.69) is 36.8 Å². The Balaban J connectivity index is 2.26. The van der Waals surface area contributed by atoms with E-state index in [1.165, 1.54) is 37.0 Å². The van der Waals surface area contributed by atoms with Gasteiger partial charge in [0.1, 0.15) is 21.6 Å². The number of rotatable bonds is 2. The summed E-state index contributed by atoms with van der Waals surface area (Å²) in [5, 5.41) is 20.0. The number of carbonyl (C=O) groups is 1. The van der Waals surface area contributed by atoms with Crippen LogP contribution < -0.4 is 11.2 Å². The van der Waals surface area contributed by atoms with Crippen LogP contribution in [0.15, 0.2) is 36.9 Å². The van der Waals surface area contributed by atoms with E-state index >= 15 is 0 Å². The van der Waals surface area contributed by atoms with Gasteiger partial charge in [0.05, 0.1) is 15.4 Å². The Labute approximate surface area is 162 Å². The Bertz CT molecular complexity index is 1210. The second-order valence-electron chi connectivity index (χ2n) is 5.55. The van der Waals surface area contributed by atoms with Gasteiger partial charge in [-0.15, -0.1) is 0 Å². The highest BCUT2D eigenvalue weighted by atomic mass is 79.9. The van der Waals surface area contributed by atoms with Gasteiger partial charge in [0.25, 0.3) is 5.56 Å². The number of carbonyl (C=O) groups excluding carboxylic acids is 1. The number of nitrogens with zero attached hydrogens (tertiary/aromatic N) is 3. The third-order valence-electron chi connectivity index (χ3n) is 3.97. The standard InChI is InChI=1S/C16H11Br2N3O5/c1-20-14-8(15(25)21(2)16(20)26)3-6(5-19-14)11(22)7-4-9(17)13(24)10(18)12(7)23/h3-5,23-24H,1-2H3. The molecule has 0 unspecified atom stereocenters. The summed E-state index contributed by atoms with van der Waals surface area (Å²) in [4.78, 5) is 41.1. The molecular formula is C16H11Br2N3O5. The topological polar surface area (TPSA) is 114 Å². The van der Waals surface area contributed by atoms with E-state index in [9.17, 15) is 24.6 Å². The van der Waals surface area contributed by atoms with Crippen molar-refractivity contribution >= 4 is 48.7 Å². The lowest BCUT2D eigenvalue weighted by atomic mass is 10.0. The van der Waals surface area contributed by atoms with E-state index in [-0.39, 0.29) is 36.9 Å². The quantitative estimate of drug-likeness (QED) is 0.536. The monoisotopic (exact) mass is 483 g/mol. The lowest BCUT2D eigenvalue weighted by molar-refractivity contribution is 0.103. The number of hydrogen-bond acceptors (Lipinski definition) is 6. The second-order valence-corrected chi connectivity index (χ2v) is 7.19. The first kappa shape index (κ1) is 18.3. The lowest BCUT2D eigenvalue weighted by Gasteiger charge is -2.10. The van der Waals surface area contributed by atoms with Crippen molar-refractivity contribution in [3.63, 3.8) is 0 Å². The number of aryl methyl sites for hydroxylation is 1. The summed E-state index contributed by atoms with van der Waals surface area (Å²) in [6.45, 7) is 0. The van der Waals surface area contributed by atoms with Gasteiger partial charge >= 0.3 is 5.69 Å². The first-order valence-electron chi connectivity index (χ1n) is 7.15. The Hall–Kier alpha value is -2.46. The summed E-state index contributed by atoms with van der Waals surface area (Å²) in [6, 6.07) is 2.58. The highest BCUT2D eigenvalue weighted by Crippen LogP contribution is 2.41. The van der Waals surface area contributed by atoms with Crippen LogP contribution in [0.25, 0.3) is 11.0 Å². The SMILES string of the molecule is Cn1c(=O)c2cc(C(=O)c3cc(Br)c(O)c(Br)c3O)cnc2n(C)c1=O. The molecule has 3 aromatic rings. The zero-order valence-corrected chi connectivity index (χ0v) is 16.6. The van der Waals surface area contributed by atoms with Crippen molar-refractivity contribution in [3.8, 4) is 11.5 Å². The summed E-state index contributed by atoms with van der Waals surface area (Å²) in [7, 11) is 2.80. The van der Waals surface area contributed by atoms with Crippen LogP contribution in [0.3, 0.4) is 0 Å². The molecule has 0 saturated carbocycles. The number of aromatic hydroxyl groups is 2. The Morgan fingerprint density at radius 2 is 1.73 bits per heavy atom. The molecule has 8 nitrogen and oxygen atoms in total. The van der Waals surface area contributed by atoms with Gasteiger partial charge in [-0.25, -0.2) is 9.78 Å². The smallest absolute Gasteiger partial charge is 0.332 e. The first-order chi connectivity index (χ1) is 12.1. The van der Waals surface area contributed by atoms with Crippen molar-refractivity contribution in [1.29, 1.82) is 0 Å². The van der Waals surface area contributed by atoms with Crippen molar-refractivity contribution in [1.82, 2.24) is 14.1 Å². The highest BCUT2D eigenvalue weighted by molar-refractivity contribution is 9.11. The summed E-state index contributed by atoms with van der Waals surface area (Å²) >= 11 is 6.11. The number of phenolic OH excluding ortho intramolecular Hbond substituents is 2. The summed E-state index contributed by atoms with van der Waals surface area (Å²) in [6.07, 6.45) is 1.22. The van der Waals surface area contributed by atoms with E-state index < -0.39 is 22.8 Å². The first-order valence-corrected chi connectivity index (χ1v) is 8.74. The third-order valence-corrected chi connectivity index (χ3v) is 5.32. The summed E-state index contributed by atoms with van der Waals surface area (Å²) in [5.74, 6) is -1.29. The number of halogens is 2. The average molecular weight is 485 g/mol. The summed E-state index contributed by atoms with van der Waals surface area (Å²) in [5.41, 5.74) is -1.01. The number of aromatic nitrogens is 3. The van der Waals surface area contributed by atoms with Gasteiger partial charge in [-0.05, 0) is 44.0 Å². The number of hydrogen-bond donors (Lipinski definition) is 2. The molecule has 3 rings (SSSR count). The van der Waals surface area contributed by atoms with Crippen LogP contribution >= 0.6 is 31.9 Å². The predicted octanol–water partition coefficient (Wildman–Crippen LogP) is 1.80. The van der Waals surface area contributed by atoms with Gasteiger partial charge in [0.2, 0.25) is 0 Å². The minimum absolute atomic E-state index is 0.0396. The Kier molecular flexibility index (Phi) is 4.49. The maximum Gasteiger partial charge on any atom is 0.332 e. The maximum atomic E-state index is 12.8. The van der Waals surface area contributed by atoms with Crippen molar-refractivity contribution in [2.45, 2.75) is 0 Å².